The molecular formula is C2H5BF3LiO4S. The molecule has 0 rings (SSSR count). The first-order chi connectivity index (χ1) is 4.73. The van der Waals surface area contributed by atoms with Gasteiger partial charge in [0.25, 0.3) is 0 Å². The first-order valence-electron chi connectivity index (χ1n) is 1.76. The second-order valence-corrected chi connectivity index (χ2v) is 1.59. The Hall–Kier alpha value is 0.0623. The maximum absolute atomic E-state index is 9.67. The van der Waals surface area contributed by atoms with E-state index in [0.717, 1.165) is 0 Å². The van der Waals surface area contributed by atoms with Crippen LogP contribution in [0.3, 0.4) is 0 Å². The molecule has 0 amide bonds. The van der Waals surface area contributed by atoms with E-state index in [2.05, 4.69) is 13.2 Å². The molecule has 2 N–H and O–H groups in total. The molecule has 0 aromatic carbocycles. The Bertz CT molecular complexity index is 151. The molecule has 0 aliphatic heterocycles. The van der Waals surface area contributed by atoms with Crippen LogP contribution in [0.25, 0.3) is 0 Å². The Morgan fingerprint density at radius 3 is 1.17 bits per heavy atom. The summed E-state index contributed by atoms with van der Waals surface area (Å²) >= 11 is 0. The number of rotatable bonds is 0. The maximum atomic E-state index is 9.67. The Morgan fingerprint density at radius 2 is 1.17 bits per heavy atom. The third-order valence-electron chi connectivity index (χ3n) is 0. The van der Waals surface area contributed by atoms with Crippen LogP contribution >= 0.6 is 0 Å². The van der Waals surface area contributed by atoms with Crippen molar-refractivity contribution in [2.45, 2.75) is 0 Å². The Kier molecular flexibility index (Phi) is 25.8. The van der Waals surface area contributed by atoms with E-state index >= 15 is 0 Å². The molecule has 10 heteroatoms. The molecule has 0 saturated carbocycles. The van der Waals surface area contributed by atoms with Gasteiger partial charge >= 0.3 is 36.8 Å². The molecule has 0 aliphatic carbocycles. The molecule has 68 valence electrons. The zero-order chi connectivity index (χ0) is 10.1. The van der Waals surface area contributed by atoms with E-state index < -0.39 is 17.9 Å². The minimum Gasteiger partial charge on any atom is -0.521 e. The minimum atomic E-state index is -4.67. The standard InChI is InChI=1S/C2H3.BF3.Li.H2O4S/c1-2;2-1(3)4;;1-5(2,3)4/h1H,2H2;;;(H2,1,2,3,4)/q-1;;+1;. The summed E-state index contributed by atoms with van der Waals surface area (Å²) in [6.45, 7) is 7.00. The smallest absolute Gasteiger partial charge is 0.521 e. The fourth-order valence-electron chi connectivity index (χ4n) is 0. The van der Waals surface area contributed by atoms with E-state index in [1.807, 2.05) is 0 Å². The number of hydrogen-bond acceptors (Lipinski definition) is 2. The van der Waals surface area contributed by atoms with Crippen molar-refractivity contribution in [3.63, 3.8) is 0 Å². The molecule has 0 bridgehead atoms. The second kappa shape index (κ2) is 13.6. The molecule has 0 unspecified atom stereocenters. The van der Waals surface area contributed by atoms with Crippen LogP contribution in [0.1, 0.15) is 0 Å². The van der Waals surface area contributed by atoms with E-state index in [0.29, 0.717) is 0 Å². The van der Waals surface area contributed by atoms with Gasteiger partial charge in [-0.3, -0.25) is 28.6 Å². The van der Waals surface area contributed by atoms with Crippen molar-refractivity contribution in [2.75, 3.05) is 0 Å². The molecular weight excluding hydrogens is 195 g/mol. The molecule has 4 nitrogen and oxygen atoms in total. The van der Waals surface area contributed by atoms with Crippen LogP contribution < -0.4 is 18.9 Å². The van der Waals surface area contributed by atoms with Gasteiger partial charge in [0.1, 0.15) is 0 Å². The molecule has 12 heavy (non-hydrogen) atoms. The summed E-state index contributed by atoms with van der Waals surface area (Å²) in [4.78, 5) is 0. The molecule has 0 aromatic rings. The maximum Gasteiger partial charge on any atom is 1.00 e. The summed E-state index contributed by atoms with van der Waals surface area (Å²) in [7, 11) is -8.33. The first kappa shape index (κ1) is 22.7. The fraction of sp³-hybridized carbons (Fsp3) is 0. The van der Waals surface area contributed by atoms with Gasteiger partial charge in [-0.25, -0.2) is 0 Å². The summed E-state index contributed by atoms with van der Waals surface area (Å²) < 4.78 is 60.6. The minimum absolute atomic E-state index is 0. The molecule has 0 heterocycles. The van der Waals surface area contributed by atoms with Gasteiger partial charge < -0.3 is 6.58 Å². The van der Waals surface area contributed by atoms with Crippen LogP contribution in [-0.2, 0) is 10.4 Å². The molecule has 0 fully saturated rings. The van der Waals surface area contributed by atoms with Gasteiger partial charge in [-0.1, -0.05) is 0 Å². The van der Waals surface area contributed by atoms with Crippen molar-refractivity contribution >= 4 is 17.9 Å². The van der Waals surface area contributed by atoms with Crippen LogP contribution in [0.5, 0.6) is 0 Å². The summed E-state index contributed by atoms with van der Waals surface area (Å²) in [5, 5.41) is 0. The van der Waals surface area contributed by atoms with E-state index in [4.69, 9.17) is 17.5 Å². The Morgan fingerprint density at radius 1 is 1.17 bits per heavy atom. The van der Waals surface area contributed by atoms with Crippen molar-refractivity contribution < 1.29 is 49.3 Å². The Balaban J connectivity index is -0.0000000419. The van der Waals surface area contributed by atoms with Crippen molar-refractivity contribution in [1.82, 2.24) is 0 Å². The zero-order valence-electron chi connectivity index (χ0n) is 6.11. The summed E-state index contributed by atoms with van der Waals surface area (Å²) in [5.41, 5.74) is 0. The number of hydrogen-bond donors (Lipinski definition) is 2. The van der Waals surface area contributed by atoms with Crippen LogP contribution in [0, 0.1) is 6.58 Å². The summed E-state index contributed by atoms with van der Waals surface area (Å²) in [6.07, 6.45) is 0. The van der Waals surface area contributed by atoms with Gasteiger partial charge in [-0.2, -0.15) is 8.42 Å². The Labute approximate surface area is 80.8 Å². The van der Waals surface area contributed by atoms with Crippen molar-refractivity contribution in [3.8, 4) is 0 Å². The van der Waals surface area contributed by atoms with Crippen LogP contribution in [0.2, 0.25) is 0 Å². The molecule has 0 radical (unpaired) electrons. The average molecular weight is 200 g/mol. The zero-order valence-corrected chi connectivity index (χ0v) is 6.93. The van der Waals surface area contributed by atoms with E-state index in [9.17, 15) is 12.9 Å². The molecule has 0 atom stereocenters. The van der Waals surface area contributed by atoms with Crippen molar-refractivity contribution in [2.24, 2.45) is 0 Å². The molecule has 0 saturated heterocycles. The predicted molar refractivity (Wildman–Crippen MR) is 33.2 cm³/mol. The quantitative estimate of drug-likeness (QED) is 0.265. The SMILES string of the molecule is FB(F)F.O=S(=O)(O)O.[CH-]=C.[Li+]. The van der Waals surface area contributed by atoms with Crippen LogP contribution in [0.15, 0.2) is 6.58 Å². The van der Waals surface area contributed by atoms with Gasteiger partial charge in [0, 0.05) is 0 Å². The van der Waals surface area contributed by atoms with Gasteiger partial charge in [-0.15, -0.1) is 0 Å². The monoisotopic (exact) mass is 200 g/mol. The third kappa shape index (κ3) is 213000. The largest absolute Gasteiger partial charge is 1.00 e. The van der Waals surface area contributed by atoms with Crippen molar-refractivity contribution in [3.05, 3.63) is 13.2 Å². The van der Waals surface area contributed by atoms with E-state index in [-0.39, 0.29) is 18.9 Å². The van der Waals surface area contributed by atoms with E-state index in [1.54, 1.807) is 0 Å². The number of halogens is 3. The van der Waals surface area contributed by atoms with Gasteiger partial charge in [0.2, 0.25) is 0 Å². The van der Waals surface area contributed by atoms with E-state index in [1.165, 1.54) is 0 Å². The molecule has 0 aliphatic rings. The van der Waals surface area contributed by atoms with Gasteiger partial charge in [0.15, 0.2) is 0 Å². The molecule has 0 spiro atoms. The third-order valence-corrected chi connectivity index (χ3v) is 0. The van der Waals surface area contributed by atoms with Crippen LogP contribution in [-0.4, -0.2) is 25.1 Å². The van der Waals surface area contributed by atoms with Gasteiger partial charge in [0.05, 0.1) is 0 Å². The average Bonchev–Trinajstić information content (AvgIpc) is 1.63. The normalized spacial score (nSPS) is 7.42. The summed E-state index contributed by atoms with van der Waals surface area (Å²) in [6, 6.07) is 0. The predicted octanol–water partition coefficient (Wildman–Crippen LogP) is -2.16. The molecule has 0 aromatic heterocycles. The van der Waals surface area contributed by atoms with Crippen LogP contribution in [0.4, 0.5) is 12.9 Å². The topological polar surface area (TPSA) is 74.6 Å². The first-order valence-corrected chi connectivity index (χ1v) is 3.16. The fourth-order valence-corrected chi connectivity index (χ4v) is 0. The second-order valence-electron chi connectivity index (χ2n) is 0.695. The summed E-state index contributed by atoms with van der Waals surface area (Å²) in [5.74, 6) is 0. The van der Waals surface area contributed by atoms with Crippen molar-refractivity contribution in [1.29, 1.82) is 0 Å². The van der Waals surface area contributed by atoms with Gasteiger partial charge in [-0.05, 0) is 0 Å².